The van der Waals surface area contributed by atoms with E-state index < -0.39 is 29.9 Å². The number of aryl methyl sites for hydroxylation is 1. The number of hydrogen-bond acceptors (Lipinski definition) is 11. The van der Waals surface area contributed by atoms with E-state index in [0.717, 1.165) is 6.26 Å². The number of ether oxygens (including phenoxy) is 3. The van der Waals surface area contributed by atoms with E-state index in [9.17, 15) is 27.9 Å². The monoisotopic (exact) mass is 592 g/mol. The van der Waals surface area contributed by atoms with E-state index in [1.807, 2.05) is 6.92 Å². The Morgan fingerprint density at radius 3 is 2.67 bits per heavy atom. The number of rotatable bonds is 13. The summed E-state index contributed by atoms with van der Waals surface area (Å²) in [6.45, 7) is 1.30. The first kappa shape index (κ1) is 30.5. The highest BCUT2D eigenvalue weighted by Crippen LogP contribution is 2.37. The van der Waals surface area contributed by atoms with E-state index in [-0.39, 0.29) is 54.6 Å². The predicted molar refractivity (Wildman–Crippen MR) is 138 cm³/mol. The van der Waals surface area contributed by atoms with Crippen molar-refractivity contribution in [1.82, 2.24) is 19.5 Å². The molecule has 12 nitrogen and oxygen atoms in total. The van der Waals surface area contributed by atoms with Crippen LogP contribution in [0.3, 0.4) is 0 Å². The molecule has 0 amide bonds. The number of benzene rings is 1. The number of imidazole rings is 1. The zero-order valence-electron chi connectivity index (χ0n) is 22.3. The first-order valence-electron chi connectivity index (χ1n) is 12.9. The smallest absolute Gasteiger partial charge is 0.437 e. The number of nitrogens with zero attached hydrogens (tertiary/aromatic N) is 4. The summed E-state index contributed by atoms with van der Waals surface area (Å²) >= 11 is 0. The van der Waals surface area contributed by atoms with Crippen LogP contribution >= 0.6 is 0 Å². The molecule has 4 rings (SSSR count). The standard InChI is InChI=1S/C27H27F3N4O8/c1-2-16-13-17(6-7-18(16)25(37)39-11-12-40-26(38)21(36)5-3-4-10-35)42-24-23-32-14-20(34(23)9-8-31-24)19-15-41-33-22(19)27(28,29)30/h6-9,13-15,21,35-36H,2-5,10-12H2,1H3/t21-/m0/s1. The molecular formula is C27H27F3N4O8. The maximum atomic E-state index is 13.3. The normalized spacial score (nSPS) is 12.3. The summed E-state index contributed by atoms with van der Waals surface area (Å²) in [5.74, 6) is -1.20. The second kappa shape index (κ2) is 13.4. The molecule has 224 valence electrons. The van der Waals surface area contributed by atoms with Gasteiger partial charge in [0.05, 0.1) is 23.0 Å². The van der Waals surface area contributed by atoms with Crippen molar-refractivity contribution in [3.05, 3.63) is 59.9 Å². The molecule has 0 unspecified atom stereocenters. The van der Waals surface area contributed by atoms with Gasteiger partial charge in [-0.3, -0.25) is 4.40 Å². The van der Waals surface area contributed by atoms with E-state index in [2.05, 4.69) is 19.6 Å². The lowest BCUT2D eigenvalue weighted by molar-refractivity contribution is -0.155. The fourth-order valence-corrected chi connectivity index (χ4v) is 4.04. The van der Waals surface area contributed by atoms with Gasteiger partial charge in [0.2, 0.25) is 5.65 Å². The Morgan fingerprint density at radius 1 is 1.14 bits per heavy atom. The van der Waals surface area contributed by atoms with Crippen molar-refractivity contribution in [1.29, 1.82) is 0 Å². The Bertz CT molecular complexity index is 1540. The van der Waals surface area contributed by atoms with Crippen LogP contribution in [-0.2, 0) is 26.9 Å². The third kappa shape index (κ3) is 7.03. The molecular weight excluding hydrogens is 565 g/mol. The predicted octanol–water partition coefficient (Wildman–Crippen LogP) is 3.98. The van der Waals surface area contributed by atoms with Gasteiger partial charge in [-0.1, -0.05) is 12.1 Å². The number of carbonyl (C=O) groups excluding carboxylic acids is 2. The van der Waals surface area contributed by atoms with Crippen molar-refractivity contribution >= 4 is 17.6 Å². The number of esters is 2. The van der Waals surface area contributed by atoms with Gasteiger partial charge in [-0.05, 0) is 49.4 Å². The average Bonchev–Trinajstić information content (AvgIpc) is 3.63. The van der Waals surface area contributed by atoms with Crippen LogP contribution < -0.4 is 4.74 Å². The summed E-state index contributed by atoms with van der Waals surface area (Å²) in [6.07, 6.45) is 0.303. The molecule has 1 atom stereocenters. The Hall–Kier alpha value is -4.50. The number of unbranched alkanes of at least 4 members (excludes halogenated alkanes) is 1. The van der Waals surface area contributed by atoms with Crippen LogP contribution in [0.25, 0.3) is 16.9 Å². The van der Waals surface area contributed by atoms with Gasteiger partial charge in [0.15, 0.2) is 11.8 Å². The summed E-state index contributed by atoms with van der Waals surface area (Å²) < 4.78 is 61.9. The third-order valence-corrected chi connectivity index (χ3v) is 6.12. The highest BCUT2D eigenvalue weighted by molar-refractivity contribution is 5.91. The molecule has 3 heterocycles. The minimum absolute atomic E-state index is 0.00602. The van der Waals surface area contributed by atoms with Gasteiger partial charge in [0.1, 0.15) is 25.2 Å². The number of aromatic nitrogens is 4. The number of alkyl halides is 3. The number of halogens is 3. The quantitative estimate of drug-likeness (QED) is 0.171. The zero-order valence-corrected chi connectivity index (χ0v) is 22.3. The van der Waals surface area contributed by atoms with Crippen LogP contribution in [-0.4, -0.2) is 67.6 Å². The highest BCUT2D eigenvalue weighted by Gasteiger charge is 2.38. The van der Waals surface area contributed by atoms with Gasteiger partial charge in [0, 0.05) is 19.0 Å². The van der Waals surface area contributed by atoms with Crippen LogP contribution in [0.1, 0.15) is 47.8 Å². The van der Waals surface area contributed by atoms with Gasteiger partial charge >= 0.3 is 18.1 Å². The Labute approximate surface area is 236 Å². The fraction of sp³-hybridized carbons (Fsp3) is 0.370. The summed E-state index contributed by atoms with van der Waals surface area (Å²) in [6, 6.07) is 4.57. The van der Waals surface area contributed by atoms with Gasteiger partial charge in [0.25, 0.3) is 5.88 Å². The van der Waals surface area contributed by atoms with E-state index in [0.29, 0.717) is 30.6 Å². The number of carbonyl (C=O) groups is 2. The molecule has 0 saturated carbocycles. The Balaban J connectivity index is 1.41. The maximum absolute atomic E-state index is 13.3. The van der Waals surface area contributed by atoms with Crippen LogP contribution in [0.15, 0.2) is 47.6 Å². The number of aliphatic hydroxyl groups excluding tert-OH is 2. The average molecular weight is 593 g/mol. The maximum Gasteiger partial charge on any atom is 0.437 e. The Kier molecular flexibility index (Phi) is 9.75. The minimum Gasteiger partial charge on any atom is -0.460 e. The lowest BCUT2D eigenvalue weighted by atomic mass is 10.1. The summed E-state index contributed by atoms with van der Waals surface area (Å²) in [5.41, 5.74) is -0.460. The van der Waals surface area contributed by atoms with Crippen LogP contribution in [0.5, 0.6) is 11.6 Å². The molecule has 4 aromatic rings. The van der Waals surface area contributed by atoms with Gasteiger partial charge in [-0.25, -0.2) is 19.6 Å². The zero-order chi connectivity index (χ0) is 30.3. The van der Waals surface area contributed by atoms with Crippen molar-refractivity contribution in [2.24, 2.45) is 0 Å². The van der Waals surface area contributed by atoms with Gasteiger partial charge in [-0.2, -0.15) is 13.2 Å². The lowest BCUT2D eigenvalue weighted by Crippen LogP contribution is -2.25. The van der Waals surface area contributed by atoms with E-state index >= 15 is 0 Å². The molecule has 0 aliphatic carbocycles. The molecule has 0 saturated heterocycles. The Morgan fingerprint density at radius 2 is 1.93 bits per heavy atom. The molecule has 0 bridgehead atoms. The van der Waals surface area contributed by atoms with Gasteiger partial charge < -0.3 is 28.9 Å². The van der Waals surface area contributed by atoms with Gasteiger partial charge in [-0.15, -0.1) is 0 Å². The lowest BCUT2D eigenvalue weighted by Gasteiger charge is -2.13. The van der Waals surface area contributed by atoms with Crippen molar-refractivity contribution in [3.63, 3.8) is 0 Å². The second-order valence-electron chi connectivity index (χ2n) is 8.96. The SMILES string of the molecule is CCc1cc(Oc2nccn3c(-c4conc4C(F)(F)F)cnc23)ccc1C(=O)OCCOC(=O)[C@@H](O)CCCCO. The summed E-state index contributed by atoms with van der Waals surface area (Å²) in [5, 5.41) is 21.6. The molecule has 0 radical (unpaired) electrons. The van der Waals surface area contributed by atoms with E-state index in [1.54, 1.807) is 6.07 Å². The molecule has 3 aromatic heterocycles. The van der Waals surface area contributed by atoms with E-state index in [1.165, 1.54) is 35.1 Å². The first-order chi connectivity index (χ1) is 20.1. The summed E-state index contributed by atoms with van der Waals surface area (Å²) in [7, 11) is 0. The van der Waals surface area contributed by atoms with Crippen molar-refractivity contribution < 1.29 is 51.7 Å². The fourth-order valence-electron chi connectivity index (χ4n) is 4.04. The molecule has 15 heteroatoms. The molecule has 2 N–H and O–H groups in total. The topological polar surface area (TPSA) is 159 Å². The third-order valence-electron chi connectivity index (χ3n) is 6.12. The molecule has 0 fully saturated rings. The van der Waals surface area contributed by atoms with Crippen LogP contribution in [0, 0.1) is 0 Å². The van der Waals surface area contributed by atoms with Crippen LogP contribution in [0.2, 0.25) is 0 Å². The number of fused-ring (bicyclic) bond motifs is 1. The molecule has 0 aliphatic heterocycles. The molecule has 42 heavy (non-hydrogen) atoms. The number of hydrogen-bond donors (Lipinski definition) is 2. The number of aliphatic hydroxyl groups is 2. The molecule has 1 aromatic carbocycles. The van der Waals surface area contributed by atoms with Crippen molar-refractivity contribution in [2.75, 3.05) is 19.8 Å². The molecule has 0 aliphatic rings. The molecule has 0 spiro atoms. The first-order valence-corrected chi connectivity index (χ1v) is 12.9. The van der Waals surface area contributed by atoms with Crippen molar-refractivity contribution in [2.45, 2.75) is 44.9 Å². The van der Waals surface area contributed by atoms with E-state index in [4.69, 9.17) is 19.3 Å². The van der Waals surface area contributed by atoms with Crippen LogP contribution in [0.4, 0.5) is 13.2 Å². The largest absolute Gasteiger partial charge is 0.460 e. The summed E-state index contributed by atoms with van der Waals surface area (Å²) in [4.78, 5) is 32.7. The highest BCUT2D eigenvalue weighted by atomic mass is 19.4. The second-order valence-corrected chi connectivity index (χ2v) is 8.96. The minimum atomic E-state index is -4.73. The van der Waals surface area contributed by atoms with Crippen molar-refractivity contribution in [3.8, 4) is 22.9 Å².